The first kappa shape index (κ1) is 16.5. The van der Waals surface area contributed by atoms with E-state index in [-0.39, 0.29) is 6.04 Å². The maximum absolute atomic E-state index is 6.04. The number of thiophene rings is 1. The minimum atomic E-state index is 0.260. The van der Waals surface area contributed by atoms with Crippen molar-refractivity contribution in [3.8, 4) is 0 Å². The minimum absolute atomic E-state index is 0.260. The normalized spacial score (nSPS) is 12.4. The highest BCUT2D eigenvalue weighted by molar-refractivity contribution is 9.11. The quantitative estimate of drug-likeness (QED) is 0.799. The number of halogens is 1. The van der Waals surface area contributed by atoms with E-state index in [0.29, 0.717) is 0 Å². The first-order chi connectivity index (χ1) is 9.99. The summed E-state index contributed by atoms with van der Waals surface area (Å²) in [5.74, 6) is 0. The molecule has 21 heavy (non-hydrogen) atoms. The SMILES string of the molecule is CCC(N)Cc1ccc(N(C)Cc2csc(Br)c2)c(C)c1. The number of hydrogen-bond acceptors (Lipinski definition) is 3. The molecule has 1 aromatic carbocycles. The molecule has 0 saturated carbocycles. The molecule has 0 fully saturated rings. The van der Waals surface area contributed by atoms with Gasteiger partial charge in [-0.25, -0.2) is 0 Å². The van der Waals surface area contributed by atoms with Crippen LogP contribution in [0.1, 0.15) is 30.0 Å². The van der Waals surface area contributed by atoms with Crippen molar-refractivity contribution < 1.29 is 0 Å². The molecule has 0 spiro atoms. The van der Waals surface area contributed by atoms with Crippen LogP contribution < -0.4 is 10.6 Å². The third kappa shape index (κ3) is 4.56. The van der Waals surface area contributed by atoms with Gasteiger partial charge in [-0.2, -0.15) is 0 Å². The summed E-state index contributed by atoms with van der Waals surface area (Å²) in [6.07, 6.45) is 1.98. The van der Waals surface area contributed by atoms with E-state index in [0.717, 1.165) is 19.4 Å². The highest BCUT2D eigenvalue weighted by atomic mass is 79.9. The fourth-order valence-corrected chi connectivity index (χ4v) is 3.71. The van der Waals surface area contributed by atoms with Crippen molar-refractivity contribution in [2.24, 2.45) is 5.73 Å². The van der Waals surface area contributed by atoms with Gasteiger partial charge >= 0.3 is 0 Å². The van der Waals surface area contributed by atoms with Crippen molar-refractivity contribution in [3.05, 3.63) is 50.1 Å². The maximum Gasteiger partial charge on any atom is 0.0701 e. The van der Waals surface area contributed by atoms with Crippen LogP contribution in [0.25, 0.3) is 0 Å². The molecule has 1 aromatic heterocycles. The van der Waals surface area contributed by atoms with Gasteiger partial charge < -0.3 is 10.6 Å². The van der Waals surface area contributed by atoms with Crippen molar-refractivity contribution in [1.29, 1.82) is 0 Å². The molecular formula is C17H23BrN2S. The van der Waals surface area contributed by atoms with Gasteiger partial charge in [0.25, 0.3) is 0 Å². The van der Waals surface area contributed by atoms with Gasteiger partial charge in [0, 0.05) is 25.3 Å². The van der Waals surface area contributed by atoms with Crippen molar-refractivity contribution >= 4 is 33.0 Å². The standard InChI is InChI=1S/C17H23BrN2S/c1-4-15(19)8-13-5-6-16(12(2)7-13)20(3)10-14-9-17(18)21-11-14/h5-7,9,11,15H,4,8,10,19H2,1-3H3. The van der Waals surface area contributed by atoms with E-state index < -0.39 is 0 Å². The number of benzene rings is 1. The molecule has 2 N–H and O–H groups in total. The molecule has 0 radical (unpaired) electrons. The van der Waals surface area contributed by atoms with Gasteiger partial charge in [-0.05, 0) is 69.9 Å². The first-order valence-corrected chi connectivity index (χ1v) is 8.96. The number of nitrogens with two attached hydrogens (primary N) is 1. The molecule has 0 bridgehead atoms. The smallest absolute Gasteiger partial charge is 0.0701 e. The van der Waals surface area contributed by atoms with Crippen molar-refractivity contribution in [2.75, 3.05) is 11.9 Å². The molecule has 0 aliphatic rings. The lowest BCUT2D eigenvalue weighted by atomic mass is 10.0. The van der Waals surface area contributed by atoms with E-state index in [4.69, 9.17) is 5.73 Å². The zero-order chi connectivity index (χ0) is 15.4. The Hall–Kier alpha value is -0.840. The van der Waals surface area contributed by atoms with E-state index in [1.54, 1.807) is 11.3 Å². The van der Waals surface area contributed by atoms with Crippen molar-refractivity contribution in [2.45, 2.75) is 39.3 Å². The fourth-order valence-electron chi connectivity index (χ4n) is 2.51. The monoisotopic (exact) mass is 366 g/mol. The Morgan fingerprint density at radius 2 is 2.05 bits per heavy atom. The Balaban J connectivity index is 2.09. The summed E-state index contributed by atoms with van der Waals surface area (Å²) in [5.41, 5.74) is 11.3. The molecular weight excluding hydrogens is 344 g/mol. The molecule has 2 rings (SSSR count). The molecule has 2 nitrogen and oxygen atoms in total. The number of nitrogens with zero attached hydrogens (tertiary/aromatic N) is 1. The lowest BCUT2D eigenvalue weighted by molar-refractivity contribution is 0.646. The van der Waals surface area contributed by atoms with Gasteiger partial charge in [0.2, 0.25) is 0 Å². The van der Waals surface area contributed by atoms with Crippen LogP contribution in [0.2, 0.25) is 0 Å². The lowest BCUT2D eigenvalue weighted by Gasteiger charge is -2.22. The Labute approximate surface area is 140 Å². The summed E-state index contributed by atoms with van der Waals surface area (Å²) in [4.78, 5) is 2.30. The van der Waals surface area contributed by atoms with Crippen LogP contribution in [0.4, 0.5) is 5.69 Å². The summed E-state index contributed by atoms with van der Waals surface area (Å²) in [6, 6.07) is 9.14. The fraction of sp³-hybridized carbons (Fsp3) is 0.412. The molecule has 2 aromatic rings. The van der Waals surface area contributed by atoms with E-state index in [2.05, 4.69) is 71.4 Å². The summed E-state index contributed by atoms with van der Waals surface area (Å²) >= 11 is 5.25. The highest BCUT2D eigenvalue weighted by Gasteiger charge is 2.09. The molecule has 1 unspecified atom stereocenters. The van der Waals surface area contributed by atoms with Crippen LogP contribution in [0.5, 0.6) is 0 Å². The number of aryl methyl sites for hydroxylation is 1. The summed E-state index contributed by atoms with van der Waals surface area (Å²) in [5, 5.41) is 2.20. The first-order valence-electron chi connectivity index (χ1n) is 7.28. The van der Waals surface area contributed by atoms with E-state index in [9.17, 15) is 0 Å². The topological polar surface area (TPSA) is 29.3 Å². The average Bonchev–Trinajstić information content (AvgIpc) is 2.83. The van der Waals surface area contributed by atoms with E-state index >= 15 is 0 Å². The van der Waals surface area contributed by atoms with Crippen LogP contribution in [0, 0.1) is 6.92 Å². The Bertz CT molecular complexity index is 594. The molecule has 1 atom stereocenters. The lowest BCUT2D eigenvalue weighted by Crippen LogP contribution is -2.21. The highest BCUT2D eigenvalue weighted by Crippen LogP contribution is 2.26. The summed E-state index contributed by atoms with van der Waals surface area (Å²) < 4.78 is 1.19. The molecule has 4 heteroatoms. The maximum atomic E-state index is 6.04. The van der Waals surface area contributed by atoms with Crippen LogP contribution in [0.3, 0.4) is 0 Å². The summed E-state index contributed by atoms with van der Waals surface area (Å²) in [7, 11) is 2.14. The largest absolute Gasteiger partial charge is 0.370 e. The second-order valence-corrected chi connectivity index (χ2v) is 7.90. The average molecular weight is 367 g/mol. The molecule has 0 amide bonds. The van der Waals surface area contributed by atoms with Gasteiger partial charge in [0.05, 0.1) is 3.79 Å². The van der Waals surface area contributed by atoms with Gasteiger partial charge in [0.1, 0.15) is 0 Å². The molecule has 0 saturated heterocycles. The van der Waals surface area contributed by atoms with Gasteiger partial charge in [0.15, 0.2) is 0 Å². The zero-order valence-corrected chi connectivity index (χ0v) is 15.3. The van der Waals surface area contributed by atoms with Gasteiger partial charge in [-0.15, -0.1) is 11.3 Å². The van der Waals surface area contributed by atoms with Crippen molar-refractivity contribution in [1.82, 2.24) is 0 Å². The van der Waals surface area contributed by atoms with Crippen LogP contribution in [0.15, 0.2) is 33.4 Å². The third-order valence-corrected chi connectivity index (χ3v) is 5.29. The Morgan fingerprint density at radius 3 is 2.62 bits per heavy atom. The second-order valence-electron chi connectivity index (χ2n) is 5.61. The molecule has 1 heterocycles. The van der Waals surface area contributed by atoms with E-state index in [1.165, 1.54) is 26.2 Å². The van der Waals surface area contributed by atoms with Crippen LogP contribution in [-0.2, 0) is 13.0 Å². The zero-order valence-electron chi connectivity index (χ0n) is 12.9. The van der Waals surface area contributed by atoms with Crippen molar-refractivity contribution in [3.63, 3.8) is 0 Å². The number of hydrogen-bond donors (Lipinski definition) is 1. The minimum Gasteiger partial charge on any atom is -0.370 e. The van der Waals surface area contributed by atoms with E-state index in [1.807, 2.05) is 0 Å². The van der Waals surface area contributed by atoms with Crippen LogP contribution in [-0.4, -0.2) is 13.1 Å². The summed E-state index contributed by atoms with van der Waals surface area (Å²) in [6.45, 7) is 5.24. The van der Waals surface area contributed by atoms with Gasteiger partial charge in [-0.1, -0.05) is 19.1 Å². The predicted octanol–water partition coefficient (Wildman–Crippen LogP) is 4.74. The second kappa shape index (κ2) is 7.43. The Morgan fingerprint density at radius 1 is 1.29 bits per heavy atom. The molecule has 114 valence electrons. The number of anilines is 1. The molecule has 0 aliphatic heterocycles. The van der Waals surface area contributed by atoms with Gasteiger partial charge in [-0.3, -0.25) is 0 Å². The molecule has 0 aliphatic carbocycles. The Kier molecular flexibility index (Phi) is 5.85. The predicted molar refractivity (Wildman–Crippen MR) is 97.3 cm³/mol. The third-order valence-electron chi connectivity index (χ3n) is 3.74. The van der Waals surface area contributed by atoms with Crippen LogP contribution >= 0.6 is 27.3 Å². The number of rotatable bonds is 6.